The van der Waals surface area contributed by atoms with E-state index in [1.54, 1.807) is 23.1 Å². The highest BCUT2D eigenvalue weighted by Crippen LogP contribution is 2.25. The third kappa shape index (κ3) is 4.09. The highest BCUT2D eigenvalue weighted by Gasteiger charge is 2.24. The van der Waals surface area contributed by atoms with Crippen LogP contribution in [0.4, 0.5) is 4.39 Å². The molecule has 1 saturated heterocycles. The van der Waals surface area contributed by atoms with Crippen LogP contribution >= 0.6 is 12.4 Å². The van der Waals surface area contributed by atoms with Crippen LogP contribution in [0.5, 0.6) is 0 Å². The van der Waals surface area contributed by atoms with Crippen molar-refractivity contribution in [3.05, 3.63) is 78.1 Å². The molecule has 0 bridgehead atoms. The summed E-state index contributed by atoms with van der Waals surface area (Å²) in [5.41, 5.74) is 3.24. The summed E-state index contributed by atoms with van der Waals surface area (Å²) in [5.74, 6) is -0.180. The Hall–Kier alpha value is -2.28. The van der Waals surface area contributed by atoms with Crippen molar-refractivity contribution in [2.24, 2.45) is 0 Å². The van der Waals surface area contributed by atoms with Gasteiger partial charge in [-0.15, -0.1) is 12.4 Å². The molecule has 1 atom stereocenters. The number of nitrogens with zero attached hydrogens (tertiary/aromatic N) is 4. The van der Waals surface area contributed by atoms with Crippen LogP contribution in [-0.4, -0.2) is 39.3 Å². The maximum atomic E-state index is 13.6. The molecule has 1 unspecified atom stereocenters. The molecule has 0 saturated carbocycles. The van der Waals surface area contributed by atoms with E-state index in [-0.39, 0.29) is 24.3 Å². The molecule has 1 N–H and O–H groups in total. The van der Waals surface area contributed by atoms with E-state index in [0.717, 1.165) is 37.4 Å². The largest absolute Gasteiger partial charge is 0.314 e. The van der Waals surface area contributed by atoms with E-state index in [1.807, 2.05) is 18.2 Å². The van der Waals surface area contributed by atoms with E-state index in [1.165, 1.54) is 18.0 Å². The van der Waals surface area contributed by atoms with Gasteiger partial charge in [-0.05, 0) is 35.4 Å². The second kappa shape index (κ2) is 8.40. The minimum Gasteiger partial charge on any atom is -0.314 e. The molecule has 0 amide bonds. The van der Waals surface area contributed by atoms with Crippen molar-refractivity contribution in [3.8, 4) is 5.69 Å². The van der Waals surface area contributed by atoms with Crippen molar-refractivity contribution in [1.82, 2.24) is 25.0 Å². The molecule has 26 heavy (non-hydrogen) atoms. The second-order valence-electron chi connectivity index (χ2n) is 6.25. The first-order valence-corrected chi connectivity index (χ1v) is 8.44. The van der Waals surface area contributed by atoms with Gasteiger partial charge in [-0.25, -0.2) is 14.1 Å². The van der Waals surface area contributed by atoms with Crippen molar-refractivity contribution >= 4 is 12.4 Å². The summed E-state index contributed by atoms with van der Waals surface area (Å²) in [6.07, 6.45) is 3.21. The van der Waals surface area contributed by atoms with Gasteiger partial charge in [0.25, 0.3) is 0 Å². The van der Waals surface area contributed by atoms with E-state index in [0.29, 0.717) is 0 Å². The van der Waals surface area contributed by atoms with Gasteiger partial charge < -0.3 is 5.32 Å². The van der Waals surface area contributed by atoms with Crippen LogP contribution in [0.25, 0.3) is 5.69 Å². The van der Waals surface area contributed by atoms with Gasteiger partial charge in [0.15, 0.2) is 0 Å². The molecule has 4 rings (SSSR count). The Morgan fingerprint density at radius 3 is 2.73 bits per heavy atom. The highest BCUT2D eigenvalue weighted by molar-refractivity contribution is 5.85. The number of hydrogen-bond donors (Lipinski definition) is 1. The number of piperazine rings is 1. The number of rotatable bonds is 4. The minimum absolute atomic E-state index is 0. The first-order chi connectivity index (χ1) is 12.3. The number of benzene rings is 2. The van der Waals surface area contributed by atoms with Gasteiger partial charge in [0.05, 0.1) is 5.69 Å². The predicted molar refractivity (Wildman–Crippen MR) is 101 cm³/mol. The topological polar surface area (TPSA) is 46.0 Å². The summed E-state index contributed by atoms with van der Waals surface area (Å²) in [4.78, 5) is 6.37. The van der Waals surface area contributed by atoms with Crippen molar-refractivity contribution in [1.29, 1.82) is 0 Å². The highest BCUT2D eigenvalue weighted by atomic mass is 35.5. The van der Waals surface area contributed by atoms with E-state index in [9.17, 15) is 4.39 Å². The first kappa shape index (κ1) is 18.5. The minimum atomic E-state index is -0.180. The van der Waals surface area contributed by atoms with Crippen LogP contribution in [0.3, 0.4) is 0 Å². The Labute approximate surface area is 158 Å². The third-order valence-electron chi connectivity index (χ3n) is 4.59. The quantitative estimate of drug-likeness (QED) is 0.763. The van der Waals surface area contributed by atoms with Crippen LogP contribution in [-0.2, 0) is 6.54 Å². The Kier molecular flexibility index (Phi) is 5.98. The molecule has 0 spiro atoms. The molecule has 2 heterocycles. The Morgan fingerprint density at radius 2 is 2.00 bits per heavy atom. The van der Waals surface area contributed by atoms with Crippen molar-refractivity contribution < 1.29 is 4.39 Å². The second-order valence-corrected chi connectivity index (χ2v) is 6.25. The average Bonchev–Trinajstić information content (AvgIpc) is 3.18. The maximum absolute atomic E-state index is 13.6. The lowest BCUT2D eigenvalue weighted by molar-refractivity contribution is 0.153. The van der Waals surface area contributed by atoms with Gasteiger partial charge in [-0.3, -0.25) is 4.90 Å². The molecule has 0 aliphatic carbocycles. The lowest BCUT2D eigenvalue weighted by Crippen LogP contribution is -2.45. The molecule has 0 radical (unpaired) electrons. The van der Waals surface area contributed by atoms with Gasteiger partial charge >= 0.3 is 0 Å². The third-order valence-corrected chi connectivity index (χ3v) is 4.59. The van der Waals surface area contributed by atoms with Crippen molar-refractivity contribution in [2.75, 3.05) is 19.6 Å². The van der Waals surface area contributed by atoms with Gasteiger partial charge in [0.2, 0.25) is 0 Å². The molecular weight excluding hydrogens is 353 g/mol. The van der Waals surface area contributed by atoms with E-state index in [4.69, 9.17) is 0 Å². The van der Waals surface area contributed by atoms with E-state index < -0.39 is 0 Å². The fraction of sp³-hybridized carbons (Fsp3) is 0.263. The summed E-state index contributed by atoms with van der Waals surface area (Å²) in [5, 5.41) is 7.56. The van der Waals surface area contributed by atoms with Gasteiger partial charge in [0, 0.05) is 32.2 Å². The molecule has 1 aliphatic rings. The smallest absolute Gasteiger partial charge is 0.138 e. The SMILES string of the molecule is Cl.Fc1cccc(C2CNCCN2Cc2ccc(-n3cncn3)cc2)c1. The lowest BCUT2D eigenvalue weighted by atomic mass is 10.0. The fourth-order valence-corrected chi connectivity index (χ4v) is 3.31. The van der Waals surface area contributed by atoms with E-state index in [2.05, 4.69) is 32.4 Å². The zero-order valence-electron chi connectivity index (χ0n) is 14.3. The van der Waals surface area contributed by atoms with Gasteiger partial charge in [-0.2, -0.15) is 5.10 Å². The van der Waals surface area contributed by atoms with Crippen LogP contribution in [0.15, 0.2) is 61.2 Å². The van der Waals surface area contributed by atoms with Crippen LogP contribution in [0.1, 0.15) is 17.2 Å². The molecular formula is C19H21ClFN5. The van der Waals surface area contributed by atoms with Gasteiger partial charge in [0.1, 0.15) is 18.5 Å². The maximum Gasteiger partial charge on any atom is 0.138 e. The standard InChI is InChI=1S/C19H20FN5.ClH/c20-17-3-1-2-16(10-17)19-11-21-8-9-24(19)12-15-4-6-18(7-5-15)25-14-22-13-23-25;/h1-7,10,13-14,19,21H,8-9,11-12H2;1H. The van der Waals surface area contributed by atoms with Crippen molar-refractivity contribution in [3.63, 3.8) is 0 Å². The summed E-state index contributed by atoms with van der Waals surface area (Å²) < 4.78 is 15.3. The monoisotopic (exact) mass is 373 g/mol. The first-order valence-electron chi connectivity index (χ1n) is 8.44. The number of nitrogens with one attached hydrogen (secondary N) is 1. The predicted octanol–water partition coefficient (Wildman–Crippen LogP) is 2.97. The zero-order chi connectivity index (χ0) is 17.1. The van der Waals surface area contributed by atoms with Crippen LogP contribution in [0, 0.1) is 5.82 Å². The molecule has 1 aromatic heterocycles. The Balaban J connectivity index is 0.00000196. The number of halogens is 2. The molecule has 2 aromatic carbocycles. The fourth-order valence-electron chi connectivity index (χ4n) is 3.31. The lowest BCUT2D eigenvalue weighted by Gasteiger charge is -2.36. The summed E-state index contributed by atoms with van der Waals surface area (Å²) >= 11 is 0. The summed E-state index contributed by atoms with van der Waals surface area (Å²) in [6, 6.07) is 15.4. The number of hydrogen-bond acceptors (Lipinski definition) is 4. The molecule has 1 aliphatic heterocycles. The summed E-state index contributed by atoms with van der Waals surface area (Å²) in [6.45, 7) is 3.55. The average molecular weight is 374 g/mol. The van der Waals surface area contributed by atoms with Crippen LogP contribution in [0.2, 0.25) is 0 Å². The molecule has 5 nitrogen and oxygen atoms in total. The van der Waals surface area contributed by atoms with Crippen molar-refractivity contribution in [2.45, 2.75) is 12.6 Å². The number of aromatic nitrogens is 3. The van der Waals surface area contributed by atoms with Gasteiger partial charge in [-0.1, -0.05) is 24.3 Å². The molecule has 1 fully saturated rings. The molecule has 7 heteroatoms. The molecule has 136 valence electrons. The summed E-state index contributed by atoms with van der Waals surface area (Å²) in [7, 11) is 0. The molecule has 3 aromatic rings. The van der Waals surface area contributed by atoms with Crippen LogP contribution < -0.4 is 5.32 Å². The zero-order valence-corrected chi connectivity index (χ0v) is 15.1. The Morgan fingerprint density at radius 1 is 1.15 bits per heavy atom. The normalized spacial score (nSPS) is 17.7. The Bertz CT molecular complexity index is 822. The van der Waals surface area contributed by atoms with E-state index >= 15 is 0 Å².